The van der Waals surface area contributed by atoms with Gasteiger partial charge in [0.15, 0.2) is 0 Å². The van der Waals surface area contributed by atoms with Crippen LogP contribution in [-0.4, -0.2) is 23.6 Å². The zero-order chi connectivity index (χ0) is 18.1. The van der Waals surface area contributed by atoms with Crippen LogP contribution >= 0.6 is 0 Å². The second kappa shape index (κ2) is 9.47. The number of benzene rings is 2. The first kappa shape index (κ1) is 18.5. The third-order valence-electron chi connectivity index (χ3n) is 3.73. The summed E-state index contributed by atoms with van der Waals surface area (Å²) in [7, 11) is 0. The van der Waals surface area contributed by atoms with E-state index in [4.69, 9.17) is 9.84 Å². The number of carboxylic acid groups (broad SMARTS) is 1. The van der Waals surface area contributed by atoms with Gasteiger partial charge in [-0.3, -0.25) is 4.79 Å². The third-order valence-corrected chi connectivity index (χ3v) is 3.73. The Balaban J connectivity index is 1.74. The molecule has 2 rings (SSSR count). The fraction of sp³-hybridized carbons (Fsp3) is 0.300. The van der Waals surface area contributed by atoms with E-state index in [-0.39, 0.29) is 11.5 Å². The fourth-order valence-electron chi connectivity index (χ4n) is 2.28. The number of hydrogen-bond donors (Lipinski definition) is 2. The Morgan fingerprint density at radius 2 is 1.64 bits per heavy atom. The predicted molar refractivity (Wildman–Crippen MR) is 95.8 cm³/mol. The Labute approximate surface area is 147 Å². The fourth-order valence-corrected chi connectivity index (χ4v) is 2.28. The quantitative estimate of drug-likeness (QED) is 0.733. The molecule has 0 fully saturated rings. The van der Waals surface area contributed by atoms with E-state index >= 15 is 0 Å². The maximum absolute atomic E-state index is 11.9. The molecule has 0 aromatic heterocycles. The van der Waals surface area contributed by atoms with Gasteiger partial charge in [0.25, 0.3) is 0 Å². The summed E-state index contributed by atoms with van der Waals surface area (Å²) in [5.74, 6) is -0.147. The first-order valence-corrected chi connectivity index (χ1v) is 8.39. The number of carbonyl (C=O) groups is 2. The van der Waals surface area contributed by atoms with Gasteiger partial charge in [-0.25, -0.2) is 4.79 Å². The van der Waals surface area contributed by atoms with Crippen molar-refractivity contribution < 1.29 is 19.4 Å². The van der Waals surface area contributed by atoms with E-state index < -0.39 is 5.97 Å². The van der Waals surface area contributed by atoms with Gasteiger partial charge in [-0.1, -0.05) is 31.2 Å². The number of aryl methyl sites for hydroxylation is 1. The van der Waals surface area contributed by atoms with Crippen LogP contribution in [-0.2, 0) is 17.8 Å². The molecule has 25 heavy (non-hydrogen) atoms. The van der Waals surface area contributed by atoms with Gasteiger partial charge in [-0.2, -0.15) is 0 Å². The molecule has 0 heterocycles. The summed E-state index contributed by atoms with van der Waals surface area (Å²) in [6, 6.07) is 14.3. The van der Waals surface area contributed by atoms with Crippen molar-refractivity contribution in [1.29, 1.82) is 0 Å². The van der Waals surface area contributed by atoms with Crippen LogP contribution in [0.3, 0.4) is 0 Å². The highest BCUT2D eigenvalue weighted by atomic mass is 16.5. The van der Waals surface area contributed by atoms with Gasteiger partial charge >= 0.3 is 5.97 Å². The Kier molecular flexibility index (Phi) is 7.01. The number of rotatable bonds is 9. The van der Waals surface area contributed by atoms with E-state index in [1.165, 1.54) is 0 Å². The second-order valence-electron chi connectivity index (χ2n) is 5.77. The zero-order valence-corrected chi connectivity index (χ0v) is 14.3. The van der Waals surface area contributed by atoms with Gasteiger partial charge in [-0.05, 0) is 48.2 Å². The lowest BCUT2D eigenvalue weighted by atomic mass is 10.1. The largest absolute Gasteiger partial charge is 0.494 e. The van der Waals surface area contributed by atoms with Gasteiger partial charge in [0.1, 0.15) is 5.75 Å². The molecule has 5 heteroatoms. The van der Waals surface area contributed by atoms with Crippen LogP contribution in [0.1, 0.15) is 41.3 Å². The molecule has 0 saturated heterocycles. The summed E-state index contributed by atoms with van der Waals surface area (Å²) >= 11 is 0. The van der Waals surface area contributed by atoms with Crippen molar-refractivity contribution >= 4 is 11.9 Å². The first-order valence-electron chi connectivity index (χ1n) is 8.39. The molecule has 2 aromatic carbocycles. The van der Waals surface area contributed by atoms with Crippen molar-refractivity contribution in [2.24, 2.45) is 0 Å². The van der Waals surface area contributed by atoms with Crippen LogP contribution in [0.25, 0.3) is 0 Å². The van der Waals surface area contributed by atoms with Crippen molar-refractivity contribution in [3.8, 4) is 5.75 Å². The standard InChI is InChI=1S/C20H23NO4/c1-2-13-25-18-10-5-16(6-11-18)14-21-19(22)12-7-15-3-8-17(9-4-15)20(23)24/h3-6,8-11H,2,7,12-14H2,1H3,(H,21,22)(H,23,24). The predicted octanol–water partition coefficient (Wildman–Crippen LogP) is 3.42. The number of carbonyl (C=O) groups excluding carboxylic acids is 1. The normalized spacial score (nSPS) is 10.3. The SMILES string of the molecule is CCCOc1ccc(CNC(=O)CCc2ccc(C(=O)O)cc2)cc1. The van der Waals surface area contributed by atoms with Crippen LogP contribution in [0.5, 0.6) is 5.75 Å². The van der Waals surface area contributed by atoms with Gasteiger partial charge in [0, 0.05) is 13.0 Å². The molecule has 0 radical (unpaired) electrons. The first-order chi connectivity index (χ1) is 12.1. The Morgan fingerprint density at radius 1 is 1.00 bits per heavy atom. The number of ether oxygens (including phenoxy) is 1. The lowest BCUT2D eigenvalue weighted by Crippen LogP contribution is -2.22. The molecule has 0 aliphatic heterocycles. The minimum Gasteiger partial charge on any atom is -0.494 e. The number of nitrogens with one attached hydrogen (secondary N) is 1. The van der Waals surface area contributed by atoms with E-state index in [2.05, 4.69) is 12.2 Å². The number of amides is 1. The summed E-state index contributed by atoms with van der Waals surface area (Å²) in [4.78, 5) is 22.7. The van der Waals surface area contributed by atoms with Gasteiger partial charge in [-0.15, -0.1) is 0 Å². The molecule has 132 valence electrons. The number of hydrogen-bond acceptors (Lipinski definition) is 3. The summed E-state index contributed by atoms with van der Waals surface area (Å²) in [6.45, 7) is 3.23. The molecule has 2 aromatic rings. The minimum atomic E-state index is -0.949. The van der Waals surface area contributed by atoms with Crippen molar-refractivity contribution in [1.82, 2.24) is 5.32 Å². The molecule has 0 saturated carbocycles. The summed E-state index contributed by atoms with van der Waals surface area (Å²) in [5.41, 5.74) is 2.21. The van der Waals surface area contributed by atoms with E-state index in [0.717, 1.165) is 23.3 Å². The molecule has 0 aliphatic rings. The molecule has 0 unspecified atom stereocenters. The van der Waals surface area contributed by atoms with Crippen LogP contribution in [0.15, 0.2) is 48.5 Å². The van der Waals surface area contributed by atoms with Gasteiger partial charge < -0.3 is 15.2 Å². The Hall–Kier alpha value is -2.82. The molecular formula is C20H23NO4. The van der Waals surface area contributed by atoms with Gasteiger partial charge in [0.2, 0.25) is 5.91 Å². The number of aromatic carboxylic acids is 1. The average molecular weight is 341 g/mol. The Morgan fingerprint density at radius 3 is 2.24 bits per heavy atom. The lowest BCUT2D eigenvalue weighted by Gasteiger charge is -2.08. The molecule has 0 atom stereocenters. The maximum Gasteiger partial charge on any atom is 0.335 e. The van der Waals surface area contributed by atoms with E-state index in [0.29, 0.717) is 26.0 Å². The van der Waals surface area contributed by atoms with Crippen LogP contribution in [0.4, 0.5) is 0 Å². The van der Waals surface area contributed by atoms with Crippen molar-refractivity contribution in [3.63, 3.8) is 0 Å². The highest BCUT2D eigenvalue weighted by molar-refractivity contribution is 5.87. The summed E-state index contributed by atoms with van der Waals surface area (Å²) < 4.78 is 5.52. The minimum absolute atomic E-state index is 0.0337. The summed E-state index contributed by atoms with van der Waals surface area (Å²) in [6.07, 6.45) is 1.91. The molecular weight excluding hydrogens is 318 g/mol. The molecule has 0 aliphatic carbocycles. The molecule has 2 N–H and O–H groups in total. The highest BCUT2D eigenvalue weighted by Crippen LogP contribution is 2.12. The van der Waals surface area contributed by atoms with E-state index in [1.807, 2.05) is 24.3 Å². The van der Waals surface area contributed by atoms with Crippen molar-refractivity contribution in [3.05, 3.63) is 65.2 Å². The van der Waals surface area contributed by atoms with E-state index in [1.54, 1.807) is 24.3 Å². The average Bonchev–Trinajstić information content (AvgIpc) is 2.64. The number of carboxylic acids is 1. The smallest absolute Gasteiger partial charge is 0.335 e. The monoisotopic (exact) mass is 341 g/mol. The van der Waals surface area contributed by atoms with Crippen LogP contribution in [0.2, 0.25) is 0 Å². The van der Waals surface area contributed by atoms with E-state index in [9.17, 15) is 9.59 Å². The molecule has 0 spiro atoms. The van der Waals surface area contributed by atoms with Gasteiger partial charge in [0.05, 0.1) is 12.2 Å². The van der Waals surface area contributed by atoms with Crippen LogP contribution in [0, 0.1) is 0 Å². The third kappa shape index (κ3) is 6.30. The highest BCUT2D eigenvalue weighted by Gasteiger charge is 2.05. The molecule has 1 amide bonds. The molecule has 0 bridgehead atoms. The van der Waals surface area contributed by atoms with Crippen molar-refractivity contribution in [2.45, 2.75) is 32.7 Å². The van der Waals surface area contributed by atoms with Crippen LogP contribution < -0.4 is 10.1 Å². The topological polar surface area (TPSA) is 75.6 Å². The van der Waals surface area contributed by atoms with Crippen molar-refractivity contribution in [2.75, 3.05) is 6.61 Å². The summed E-state index contributed by atoms with van der Waals surface area (Å²) in [5, 5.41) is 11.7. The maximum atomic E-state index is 11.9. The lowest BCUT2D eigenvalue weighted by molar-refractivity contribution is -0.121. The zero-order valence-electron chi connectivity index (χ0n) is 14.3. The molecule has 5 nitrogen and oxygen atoms in total. The second-order valence-corrected chi connectivity index (χ2v) is 5.77. The Bertz CT molecular complexity index is 693.